The van der Waals surface area contributed by atoms with E-state index in [9.17, 15) is 4.79 Å². The summed E-state index contributed by atoms with van der Waals surface area (Å²) in [6, 6.07) is 4.02. The molecule has 2 aromatic heterocycles. The molecule has 4 rings (SSSR count). The maximum absolute atomic E-state index is 12.6. The van der Waals surface area contributed by atoms with Gasteiger partial charge >= 0.3 is 0 Å². The quantitative estimate of drug-likeness (QED) is 0.736. The average molecular weight is 398 g/mol. The second kappa shape index (κ2) is 8.93. The van der Waals surface area contributed by atoms with Crippen molar-refractivity contribution in [2.75, 3.05) is 31.1 Å². The molecular formula is C22H31N5O2. The molecule has 7 nitrogen and oxygen atoms in total. The molecule has 1 amide bonds. The van der Waals surface area contributed by atoms with Gasteiger partial charge < -0.3 is 14.3 Å². The molecular weight excluding hydrogens is 366 g/mol. The Bertz CT molecular complexity index is 801. The Morgan fingerprint density at radius 3 is 2.48 bits per heavy atom. The Balaban J connectivity index is 1.36. The van der Waals surface area contributed by atoms with Gasteiger partial charge in [-0.2, -0.15) is 4.98 Å². The summed E-state index contributed by atoms with van der Waals surface area (Å²) in [5, 5.41) is 4.15. The van der Waals surface area contributed by atoms with Crippen LogP contribution >= 0.6 is 0 Å². The number of carbonyl (C=O) groups excluding carboxylic acids is 1. The van der Waals surface area contributed by atoms with Crippen LogP contribution in [0.15, 0.2) is 22.9 Å². The van der Waals surface area contributed by atoms with E-state index in [4.69, 9.17) is 4.52 Å². The third kappa shape index (κ3) is 4.28. The Hall–Kier alpha value is -2.44. The molecule has 3 heterocycles. The van der Waals surface area contributed by atoms with E-state index in [1.807, 2.05) is 23.2 Å². The van der Waals surface area contributed by atoms with Crippen LogP contribution in [0.25, 0.3) is 11.4 Å². The third-order valence-electron chi connectivity index (χ3n) is 6.40. The van der Waals surface area contributed by atoms with Crippen LogP contribution in [0, 0.1) is 5.92 Å². The van der Waals surface area contributed by atoms with Crippen molar-refractivity contribution in [1.29, 1.82) is 0 Å². The SMILES string of the molecule is CCC(CC)C(=O)N1CCN(c2ccc(-c3noc(C4CCCC4)n3)cn2)CC1. The van der Waals surface area contributed by atoms with Crippen LogP contribution < -0.4 is 4.90 Å². The van der Waals surface area contributed by atoms with Crippen molar-refractivity contribution < 1.29 is 9.32 Å². The summed E-state index contributed by atoms with van der Waals surface area (Å²) in [6.07, 6.45) is 8.42. The third-order valence-corrected chi connectivity index (χ3v) is 6.40. The summed E-state index contributed by atoms with van der Waals surface area (Å²) in [6.45, 7) is 7.32. The molecule has 0 bridgehead atoms. The fourth-order valence-electron chi connectivity index (χ4n) is 4.45. The first-order valence-electron chi connectivity index (χ1n) is 11.0. The molecule has 0 radical (unpaired) electrons. The van der Waals surface area contributed by atoms with Gasteiger partial charge in [0.05, 0.1) is 0 Å². The summed E-state index contributed by atoms with van der Waals surface area (Å²) in [5.41, 5.74) is 0.879. The van der Waals surface area contributed by atoms with E-state index in [0.29, 0.717) is 17.6 Å². The number of hydrogen-bond donors (Lipinski definition) is 0. The van der Waals surface area contributed by atoms with Crippen molar-refractivity contribution in [1.82, 2.24) is 20.0 Å². The molecule has 1 saturated carbocycles. The number of anilines is 1. The van der Waals surface area contributed by atoms with Crippen molar-refractivity contribution in [3.8, 4) is 11.4 Å². The highest BCUT2D eigenvalue weighted by Crippen LogP contribution is 2.34. The fourth-order valence-corrected chi connectivity index (χ4v) is 4.45. The molecule has 0 atom stereocenters. The molecule has 156 valence electrons. The zero-order valence-electron chi connectivity index (χ0n) is 17.5. The van der Waals surface area contributed by atoms with E-state index in [0.717, 1.165) is 69.1 Å². The molecule has 0 aromatic carbocycles. The first-order valence-corrected chi connectivity index (χ1v) is 11.0. The number of piperazine rings is 1. The van der Waals surface area contributed by atoms with Crippen LogP contribution in [0.2, 0.25) is 0 Å². The smallest absolute Gasteiger partial charge is 0.230 e. The lowest BCUT2D eigenvalue weighted by molar-refractivity contribution is -0.136. The minimum atomic E-state index is 0.156. The van der Waals surface area contributed by atoms with Gasteiger partial charge in [0.25, 0.3) is 0 Å². The standard InChI is InChI=1S/C22H31N5O2/c1-3-16(4-2)22(28)27-13-11-26(12-14-27)19-10-9-18(15-23-19)20-24-21(29-25-20)17-7-5-6-8-17/h9-10,15-17H,3-8,11-14H2,1-2H3. The first kappa shape index (κ1) is 19.9. The monoisotopic (exact) mass is 397 g/mol. The van der Waals surface area contributed by atoms with Crippen molar-refractivity contribution in [2.24, 2.45) is 5.92 Å². The van der Waals surface area contributed by atoms with E-state index in [1.54, 1.807) is 0 Å². The highest BCUT2D eigenvalue weighted by molar-refractivity contribution is 5.79. The molecule has 1 aliphatic heterocycles. The molecule has 0 N–H and O–H groups in total. The highest BCUT2D eigenvalue weighted by Gasteiger charge is 2.26. The zero-order chi connectivity index (χ0) is 20.2. The largest absolute Gasteiger partial charge is 0.353 e. The molecule has 29 heavy (non-hydrogen) atoms. The van der Waals surface area contributed by atoms with Crippen LogP contribution in [0.4, 0.5) is 5.82 Å². The maximum Gasteiger partial charge on any atom is 0.230 e. The first-order chi connectivity index (χ1) is 14.2. The number of rotatable bonds is 6. The molecule has 2 aromatic rings. The second-order valence-electron chi connectivity index (χ2n) is 8.17. The average Bonchev–Trinajstić information content (AvgIpc) is 3.47. The lowest BCUT2D eigenvalue weighted by atomic mass is 10.0. The van der Waals surface area contributed by atoms with Gasteiger partial charge in [0.1, 0.15) is 5.82 Å². The Morgan fingerprint density at radius 2 is 1.86 bits per heavy atom. The van der Waals surface area contributed by atoms with Crippen LogP contribution in [-0.4, -0.2) is 52.1 Å². The minimum Gasteiger partial charge on any atom is -0.353 e. The van der Waals surface area contributed by atoms with E-state index in [1.165, 1.54) is 12.8 Å². The summed E-state index contributed by atoms with van der Waals surface area (Å²) in [7, 11) is 0. The van der Waals surface area contributed by atoms with Gasteiger partial charge in [-0.15, -0.1) is 0 Å². The summed E-state index contributed by atoms with van der Waals surface area (Å²) in [4.78, 5) is 26.0. The molecule has 0 spiro atoms. The van der Waals surface area contributed by atoms with Crippen LogP contribution in [-0.2, 0) is 4.79 Å². The van der Waals surface area contributed by atoms with E-state index >= 15 is 0 Å². The predicted octanol–water partition coefficient (Wildman–Crippen LogP) is 3.87. The van der Waals surface area contributed by atoms with Crippen molar-refractivity contribution >= 4 is 11.7 Å². The van der Waals surface area contributed by atoms with Gasteiger partial charge in [0.15, 0.2) is 0 Å². The number of pyridine rings is 1. The summed E-state index contributed by atoms with van der Waals surface area (Å²) in [5.74, 6) is 3.19. The normalized spacial score (nSPS) is 18.0. The number of amides is 1. The van der Waals surface area contributed by atoms with Crippen molar-refractivity contribution in [3.05, 3.63) is 24.2 Å². The topological polar surface area (TPSA) is 75.4 Å². The van der Waals surface area contributed by atoms with Crippen LogP contribution in [0.5, 0.6) is 0 Å². The lowest BCUT2D eigenvalue weighted by Gasteiger charge is -2.36. The summed E-state index contributed by atoms with van der Waals surface area (Å²) >= 11 is 0. The lowest BCUT2D eigenvalue weighted by Crippen LogP contribution is -2.50. The predicted molar refractivity (Wildman–Crippen MR) is 112 cm³/mol. The highest BCUT2D eigenvalue weighted by atomic mass is 16.5. The maximum atomic E-state index is 12.6. The van der Waals surface area contributed by atoms with Crippen molar-refractivity contribution in [3.63, 3.8) is 0 Å². The van der Waals surface area contributed by atoms with E-state index in [2.05, 4.69) is 33.9 Å². The molecule has 1 aliphatic carbocycles. The van der Waals surface area contributed by atoms with E-state index in [-0.39, 0.29) is 5.92 Å². The van der Waals surface area contributed by atoms with E-state index < -0.39 is 0 Å². The molecule has 0 unspecified atom stereocenters. The van der Waals surface area contributed by atoms with Gasteiger partial charge in [0.2, 0.25) is 17.6 Å². The Morgan fingerprint density at radius 1 is 1.14 bits per heavy atom. The molecule has 2 aliphatic rings. The number of carbonyl (C=O) groups is 1. The number of nitrogens with zero attached hydrogens (tertiary/aromatic N) is 5. The van der Waals surface area contributed by atoms with Crippen molar-refractivity contribution in [2.45, 2.75) is 58.3 Å². The molecule has 7 heteroatoms. The Kier molecular flexibility index (Phi) is 6.11. The van der Waals surface area contributed by atoms with Crippen LogP contribution in [0.1, 0.15) is 64.2 Å². The molecule has 1 saturated heterocycles. The Labute approximate surface area is 172 Å². The number of aromatic nitrogens is 3. The van der Waals surface area contributed by atoms with Gasteiger partial charge in [-0.05, 0) is 37.8 Å². The fraction of sp³-hybridized carbons (Fsp3) is 0.636. The van der Waals surface area contributed by atoms with Gasteiger partial charge in [-0.3, -0.25) is 4.79 Å². The number of hydrogen-bond acceptors (Lipinski definition) is 6. The van der Waals surface area contributed by atoms with Crippen LogP contribution in [0.3, 0.4) is 0 Å². The molecule has 2 fully saturated rings. The second-order valence-corrected chi connectivity index (χ2v) is 8.17. The van der Waals surface area contributed by atoms with Gasteiger partial charge in [-0.1, -0.05) is 31.8 Å². The summed E-state index contributed by atoms with van der Waals surface area (Å²) < 4.78 is 5.48. The van der Waals surface area contributed by atoms with Gasteiger partial charge in [0, 0.05) is 49.8 Å². The van der Waals surface area contributed by atoms with Gasteiger partial charge in [-0.25, -0.2) is 4.98 Å². The minimum absolute atomic E-state index is 0.156. The zero-order valence-corrected chi connectivity index (χ0v) is 17.5.